The Labute approximate surface area is 319 Å². The van der Waals surface area contributed by atoms with E-state index in [1.165, 1.54) is 37.7 Å². The number of carbonyl (C=O) groups is 4. The van der Waals surface area contributed by atoms with Gasteiger partial charge in [0.2, 0.25) is 5.91 Å². The van der Waals surface area contributed by atoms with Crippen LogP contribution in [0.3, 0.4) is 0 Å². The predicted molar refractivity (Wildman–Crippen MR) is 207 cm³/mol. The Hall–Kier alpha value is -2.48. The molecule has 8 atom stereocenters. The van der Waals surface area contributed by atoms with Crippen LogP contribution in [0.4, 0.5) is 0 Å². The normalized spacial score (nSPS) is 40.0. The number of ketones is 1. The van der Waals surface area contributed by atoms with Crippen molar-refractivity contribution in [3.05, 3.63) is 23.3 Å². The lowest BCUT2D eigenvalue weighted by atomic mass is 9.31. The molecule has 0 aromatic rings. The molecule has 0 saturated heterocycles. The van der Waals surface area contributed by atoms with Gasteiger partial charge in [0.25, 0.3) is 0 Å². The van der Waals surface area contributed by atoms with Gasteiger partial charge in [-0.3, -0.25) is 19.2 Å². The number of nitrogens with one attached hydrogen (secondary N) is 1. The number of amides is 1. The number of ether oxygens (including phenoxy) is 1. The van der Waals surface area contributed by atoms with E-state index in [1.807, 2.05) is 0 Å². The number of rotatable bonds is 9. The number of nitrogens with two attached hydrogens (primary N) is 1. The van der Waals surface area contributed by atoms with Gasteiger partial charge < -0.3 is 20.9 Å². The van der Waals surface area contributed by atoms with Gasteiger partial charge in [0, 0.05) is 29.3 Å². The molecule has 5 saturated carbocycles. The van der Waals surface area contributed by atoms with Gasteiger partial charge in [0.1, 0.15) is 6.10 Å². The molecule has 0 heterocycles. The summed E-state index contributed by atoms with van der Waals surface area (Å²) in [6, 6.07) is 0. The van der Waals surface area contributed by atoms with Crippen LogP contribution in [0.2, 0.25) is 0 Å². The van der Waals surface area contributed by atoms with Crippen LogP contribution in [0.15, 0.2) is 23.3 Å². The molecule has 8 heteroatoms. The number of allylic oxidation sites excluding steroid dienone is 3. The maximum atomic E-state index is 14.0. The highest BCUT2D eigenvalue weighted by molar-refractivity contribution is 6.01. The summed E-state index contributed by atoms with van der Waals surface area (Å²) in [5, 5.41) is 12.8. The van der Waals surface area contributed by atoms with E-state index in [1.54, 1.807) is 19.9 Å². The Balaban J connectivity index is 1.27. The summed E-state index contributed by atoms with van der Waals surface area (Å²) in [6.07, 6.45) is 17.2. The maximum Gasteiger partial charge on any atom is 0.309 e. The number of carboxylic acids is 1. The van der Waals surface area contributed by atoms with Crippen LogP contribution < -0.4 is 11.1 Å². The molecule has 6 aliphatic rings. The number of esters is 1. The standard InChI is InChI=1S/C45H70N2O6/c1-28(2)36-31(48)25-44(20-18-34(49)47-27-29-13-11-10-12-14-29)23-21-41(7)30(37(36)44)15-16-32-42(41,8)22-24-45(46)40(5,6)33(17-19-43(32,45)9)53-35(50)26-39(3,4)38(51)52/h18,20,28-30,32-33H,10-17,19,21-27,46H2,1-9H3,(H,47,49)(H,51,52)/b20-18+/t30?,32?,33-,41+,42+,43+,44-,45+/m0/s1. The molecule has 0 aromatic heterocycles. The van der Waals surface area contributed by atoms with Gasteiger partial charge in [0.05, 0.1) is 11.8 Å². The van der Waals surface area contributed by atoms with Gasteiger partial charge in [-0.1, -0.05) is 73.8 Å². The number of fused-ring (bicyclic) bond motifs is 7. The van der Waals surface area contributed by atoms with E-state index in [4.69, 9.17) is 10.5 Å². The van der Waals surface area contributed by atoms with Crippen LogP contribution in [0.25, 0.3) is 0 Å². The number of carbonyl (C=O) groups excluding carboxylic acids is 3. The highest BCUT2D eigenvalue weighted by atomic mass is 16.5. The number of Topliss-reactive ketones (excluding diaryl/α,β-unsaturated/α-hetero) is 1. The fourth-order valence-corrected chi connectivity index (χ4v) is 13.5. The van der Waals surface area contributed by atoms with Crippen molar-refractivity contribution in [2.45, 2.75) is 170 Å². The van der Waals surface area contributed by atoms with Gasteiger partial charge >= 0.3 is 11.9 Å². The summed E-state index contributed by atoms with van der Waals surface area (Å²) >= 11 is 0. The fraction of sp³-hybridized carbons (Fsp3) is 0.822. The largest absolute Gasteiger partial charge is 0.481 e. The molecular formula is C45H70N2O6. The van der Waals surface area contributed by atoms with Crippen LogP contribution in [-0.2, 0) is 23.9 Å². The van der Waals surface area contributed by atoms with Crippen LogP contribution in [0.5, 0.6) is 0 Å². The summed E-state index contributed by atoms with van der Waals surface area (Å²) < 4.78 is 6.15. The van der Waals surface area contributed by atoms with Crippen LogP contribution in [-0.4, -0.2) is 46.9 Å². The predicted octanol–water partition coefficient (Wildman–Crippen LogP) is 8.71. The molecule has 0 radical (unpaired) electrons. The van der Waals surface area contributed by atoms with E-state index < -0.39 is 33.7 Å². The summed E-state index contributed by atoms with van der Waals surface area (Å²) in [4.78, 5) is 52.2. The molecule has 53 heavy (non-hydrogen) atoms. The quantitative estimate of drug-likeness (QED) is 0.159. The Bertz CT molecular complexity index is 1570. The molecule has 6 rings (SSSR count). The second-order valence-electron chi connectivity index (χ2n) is 20.8. The van der Waals surface area contributed by atoms with Crippen molar-refractivity contribution in [1.82, 2.24) is 5.32 Å². The Morgan fingerprint density at radius 3 is 2.21 bits per heavy atom. The molecule has 0 aromatic carbocycles. The lowest BCUT2D eigenvalue weighted by Gasteiger charge is -2.75. The van der Waals surface area contributed by atoms with Crippen molar-refractivity contribution in [3.8, 4) is 0 Å². The molecular weight excluding hydrogens is 665 g/mol. The average molecular weight is 735 g/mol. The summed E-state index contributed by atoms with van der Waals surface area (Å²) in [5.41, 5.74) is 7.11. The maximum absolute atomic E-state index is 14.0. The zero-order valence-electron chi connectivity index (χ0n) is 34.4. The minimum Gasteiger partial charge on any atom is -0.481 e. The first-order valence-electron chi connectivity index (χ1n) is 21.1. The minimum atomic E-state index is -1.20. The lowest BCUT2D eigenvalue weighted by Crippen LogP contribution is -2.77. The van der Waals surface area contributed by atoms with Gasteiger partial charge in [-0.2, -0.15) is 0 Å². The Morgan fingerprint density at radius 2 is 1.57 bits per heavy atom. The zero-order chi connectivity index (χ0) is 39.0. The van der Waals surface area contributed by atoms with Crippen LogP contribution in [0.1, 0.15) is 159 Å². The van der Waals surface area contributed by atoms with Gasteiger partial charge in [-0.15, -0.1) is 0 Å². The van der Waals surface area contributed by atoms with Crippen molar-refractivity contribution in [2.24, 2.45) is 61.9 Å². The molecule has 296 valence electrons. The number of carboxylic acid groups (broad SMARTS) is 1. The monoisotopic (exact) mass is 735 g/mol. The fourth-order valence-electron chi connectivity index (χ4n) is 13.5. The summed E-state index contributed by atoms with van der Waals surface area (Å²) in [6.45, 7) is 20.0. The third-order valence-electron chi connectivity index (χ3n) is 17.2. The number of hydrogen-bond donors (Lipinski definition) is 3. The first kappa shape index (κ1) is 40.2. The Morgan fingerprint density at radius 1 is 0.906 bits per heavy atom. The molecule has 8 nitrogen and oxygen atoms in total. The van der Waals surface area contributed by atoms with Crippen LogP contribution >= 0.6 is 0 Å². The van der Waals surface area contributed by atoms with Crippen molar-refractivity contribution in [1.29, 1.82) is 0 Å². The third-order valence-corrected chi connectivity index (χ3v) is 17.2. The number of hydrogen-bond acceptors (Lipinski definition) is 6. The van der Waals surface area contributed by atoms with Crippen molar-refractivity contribution in [3.63, 3.8) is 0 Å². The second-order valence-corrected chi connectivity index (χ2v) is 20.8. The smallest absolute Gasteiger partial charge is 0.309 e. The van der Waals surface area contributed by atoms with E-state index in [0.29, 0.717) is 24.7 Å². The molecule has 1 amide bonds. The first-order valence-corrected chi connectivity index (χ1v) is 21.1. The first-order chi connectivity index (χ1) is 24.6. The average Bonchev–Trinajstić information content (AvgIpc) is 3.39. The van der Waals surface area contributed by atoms with Crippen molar-refractivity contribution in [2.75, 3.05) is 6.54 Å². The lowest BCUT2D eigenvalue weighted by molar-refractivity contribution is -0.241. The van der Waals surface area contributed by atoms with Gasteiger partial charge in [0.15, 0.2) is 5.78 Å². The SMILES string of the molecule is CC(C)C1=C2C3CCC4[C@@]5(C)CC[C@H](OC(=O)CC(C)(C)C(=O)O)C(C)(C)[C@]5(N)CC[C@@]4(C)[C@]3(C)CC[C@@]2(/C=C/C(=O)NCC2CCCCC2)CC1=O. The Kier molecular flexibility index (Phi) is 10.3. The zero-order valence-corrected chi connectivity index (χ0v) is 34.4. The van der Waals surface area contributed by atoms with E-state index >= 15 is 0 Å². The topological polar surface area (TPSA) is 136 Å². The molecule has 2 unspecified atom stereocenters. The van der Waals surface area contributed by atoms with E-state index in [0.717, 1.165) is 57.1 Å². The highest BCUT2D eigenvalue weighted by Gasteiger charge is 2.73. The number of aliphatic carboxylic acids is 1. The van der Waals surface area contributed by atoms with E-state index in [-0.39, 0.29) is 52.3 Å². The van der Waals surface area contributed by atoms with E-state index in [9.17, 15) is 24.3 Å². The minimum absolute atomic E-state index is 0.0212. The van der Waals surface area contributed by atoms with Crippen LogP contribution in [0, 0.1) is 56.2 Å². The second kappa shape index (κ2) is 13.6. The third kappa shape index (κ3) is 6.18. The molecule has 0 aliphatic heterocycles. The van der Waals surface area contributed by atoms with Gasteiger partial charge in [-0.05, 0) is 135 Å². The molecule has 5 fully saturated rings. The molecule has 0 bridgehead atoms. The molecule has 6 aliphatic carbocycles. The highest BCUT2D eigenvalue weighted by Crippen LogP contribution is 2.77. The van der Waals surface area contributed by atoms with Crippen molar-refractivity contribution >= 4 is 23.6 Å². The summed E-state index contributed by atoms with van der Waals surface area (Å²) in [7, 11) is 0. The molecule has 0 spiro atoms. The molecule has 4 N–H and O–H groups in total. The summed E-state index contributed by atoms with van der Waals surface area (Å²) in [5.74, 6) is 0.0427. The van der Waals surface area contributed by atoms with Gasteiger partial charge in [-0.25, -0.2) is 0 Å². The van der Waals surface area contributed by atoms with Crippen molar-refractivity contribution < 1.29 is 29.0 Å². The van der Waals surface area contributed by atoms with E-state index in [2.05, 4.69) is 59.9 Å².